The fourth-order valence-corrected chi connectivity index (χ4v) is 6.33. The topological polar surface area (TPSA) is 129 Å². The van der Waals surface area contributed by atoms with E-state index in [0.29, 0.717) is 37.0 Å². The highest BCUT2D eigenvalue weighted by Gasteiger charge is 2.26. The van der Waals surface area contributed by atoms with Gasteiger partial charge < -0.3 is 30.5 Å². The number of ether oxygens (including phenoxy) is 1. The first-order valence-electron chi connectivity index (χ1n) is 15.7. The zero-order valence-corrected chi connectivity index (χ0v) is 25.3. The van der Waals surface area contributed by atoms with Crippen LogP contribution in [-0.4, -0.2) is 91.7 Å². The van der Waals surface area contributed by atoms with Crippen molar-refractivity contribution in [3.05, 3.63) is 54.2 Å². The molecule has 1 saturated carbocycles. The second-order valence-corrected chi connectivity index (χ2v) is 12.3. The van der Waals surface area contributed by atoms with Crippen molar-refractivity contribution in [1.29, 1.82) is 0 Å². The van der Waals surface area contributed by atoms with Gasteiger partial charge in [-0.25, -0.2) is 14.8 Å². The lowest BCUT2D eigenvalue weighted by atomic mass is 9.82. The Morgan fingerprint density at radius 1 is 0.977 bits per heavy atom. The minimum atomic E-state index is -0.466. The van der Waals surface area contributed by atoms with Gasteiger partial charge in [0.25, 0.3) is 5.91 Å². The van der Waals surface area contributed by atoms with E-state index >= 15 is 0 Å². The molecule has 1 aliphatic carbocycles. The van der Waals surface area contributed by atoms with Crippen molar-refractivity contribution in [3.8, 4) is 11.3 Å². The Balaban J connectivity index is 1.03. The Morgan fingerprint density at radius 2 is 1.70 bits per heavy atom. The predicted molar refractivity (Wildman–Crippen MR) is 168 cm³/mol. The van der Waals surface area contributed by atoms with Crippen LogP contribution in [0.5, 0.6) is 0 Å². The normalized spacial score (nSPS) is 22.4. The van der Waals surface area contributed by atoms with Gasteiger partial charge in [0.2, 0.25) is 5.91 Å². The quantitative estimate of drug-likeness (QED) is 0.360. The van der Waals surface area contributed by atoms with E-state index < -0.39 is 6.09 Å². The van der Waals surface area contributed by atoms with Crippen LogP contribution in [0.1, 0.15) is 42.5 Å². The number of hydrogen-bond donors (Lipinski definition) is 3. The molecule has 6 rings (SSSR count). The third kappa shape index (κ3) is 7.27. The van der Waals surface area contributed by atoms with Crippen molar-refractivity contribution in [2.45, 2.75) is 38.2 Å². The van der Waals surface area contributed by atoms with Crippen molar-refractivity contribution in [2.24, 2.45) is 11.8 Å². The highest BCUT2D eigenvalue weighted by atomic mass is 16.6. The smallest absolute Gasteiger partial charge is 0.407 e. The lowest BCUT2D eigenvalue weighted by molar-refractivity contribution is -0.119. The third-order valence-corrected chi connectivity index (χ3v) is 9.10. The number of likely N-dealkylation sites (N-methyl/N-ethyl adjacent to an activating group) is 1. The van der Waals surface area contributed by atoms with E-state index in [0.717, 1.165) is 79.8 Å². The van der Waals surface area contributed by atoms with Crippen molar-refractivity contribution < 1.29 is 19.1 Å². The van der Waals surface area contributed by atoms with Crippen molar-refractivity contribution >= 4 is 34.6 Å². The number of aromatic nitrogens is 2. The van der Waals surface area contributed by atoms with Gasteiger partial charge in [-0.2, -0.15) is 0 Å². The summed E-state index contributed by atoms with van der Waals surface area (Å²) in [6.07, 6.45) is 5.14. The Morgan fingerprint density at radius 3 is 2.39 bits per heavy atom. The zero-order chi connectivity index (χ0) is 30.5. The lowest BCUT2D eigenvalue weighted by Crippen LogP contribution is -2.44. The maximum absolute atomic E-state index is 13.5. The molecule has 2 saturated heterocycles. The summed E-state index contributed by atoms with van der Waals surface area (Å²) in [5.74, 6) is 1.54. The molecule has 3 aliphatic rings. The molecule has 11 heteroatoms. The number of benzene rings is 1. The van der Waals surface area contributed by atoms with Crippen LogP contribution in [0.25, 0.3) is 22.2 Å². The summed E-state index contributed by atoms with van der Waals surface area (Å²) in [6, 6.07) is 13.7. The van der Waals surface area contributed by atoms with Gasteiger partial charge in [0, 0.05) is 56.4 Å². The predicted octanol–water partition coefficient (Wildman–Crippen LogP) is 3.20. The standard InChI is InChI=1S/C33H41N7O4/c1-39-12-14-40(15-13-39)30-11-10-24(20-34-30)29-17-27(26-4-2-3-5-28(26)38-29)32(42)36-18-22-6-8-23(9-7-22)19-37-33(43)44-25-16-31(41)35-21-25/h2-5,10-11,17,20,22-23,25H,6-9,12-16,18-19,21H2,1H3,(H,35,41)(H,36,42)(H,37,43)/t22?,23?,25-/m1/s1. The van der Waals surface area contributed by atoms with Crippen LogP contribution in [0.15, 0.2) is 48.7 Å². The van der Waals surface area contributed by atoms with E-state index in [-0.39, 0.29) is 24.3 Å². The molecule has 4 heterocycles. The molecule has 1 aromatic carbocycles. The van der Waals surface area contributed by atoms with Gasteiger partial charge in [-0.15, -0.1) is 0 Å². The van der Waals surface area contributed by atoms with Gasteiger partial charge in [0.05, 0.1) is 29.7 Å². The second-order valence-electron chi connectivity index (χ2n) is 12.3. The highest BCUT2D eigenvalue weighted by Crippen LogP contribution is 2.29. The SMILES string of the molecule is CN1CCN(c2ccc(-c3cc(C(=O)NCC4CCC(CNC(=O)O[C@H]5CNC(=O)C5)CC4)c4ccccc4n3)cn2)CC1. The van der Waals surface area contributed by atoms with Crippen LogP contribution in [0.2, 0.25) is 0 Å². The van der Waals surface area contributed by atoms with Gasteiger partial charge in [0.15, 0.2) is 0 Å². The van der Waals surface area contributed by atoms with Crippen LogP contribution in [0.3, 0.4) is 0 Å². The first-order valence-corrected chi connectivity index (χ1v) is 15.7. The summed E-state index contributed by atoms with van der Waals surface area (Å²) in [5.41, 5.74) is 3.01. The molecule has 3 aromatic rings. The third-order valence-electron chi connectivity index (χ3n) is 9.10. The number of rotatable bonds is 8. The van der Waals surface area contributed by atoms with Gasteiger partial charge in [0.1, 0.15) is 11.9 Å². The minimum absolute atomic E-state index is 0.0884. The molecule has 2 aromatic heterocycles. The number of alkyl carbamates (subject to hydrolysis) is 1. The van der Waals surface area contributed by atoms with Crippen molar-refractivity contribution in [3.63, 3.8) is 0 Å². The molecular formula is C33H41N7O4. The van der Waals surface area contributed by atoms with Crippen LogP contribution >= 0.6 is 0 Å². The summed E-state index contributed by atoms with van der Waals surface area (Å²) in [7, 11) is 2.14. The lowest BCUT2D eigenvalue weighted by Gasteiger charge is -2.33. The number of hydrogen-bond acceptors (Lipinski definition) is 8. The van der Waals surface area contributed by atoms with Crippen molar-refractivity contribution in [2.75, 3.05) is 57.8 Å². The number of para-hydroxylation sites is 1. The monoisotopic (exact) mass is 599 g/mol. The second kappa shape index (κ2) is 13.6. The molecule has 0 bridgehead atoms. The fourth-order valence-electron chi connectivity index (χ4n) is 6.33. The van der Waals surface area contributed by atoms with Gasteiger partial charge >= 0.3 is 6.09 Å². The van der Waals surface area contributed by atoms with E-state index in [1.54, 1.807) is 0 Å². The summed E-state index contributed by atoms with van der Waals surface area (Å²) < 4.78 is 5.31. The Labute approximate surface area is 257 Å². The van der Waals surface area contributed by atoms with Gasteiger partial charge in [-0.05, 0) is 68.8 Å². The number of pyridine rings is 2. The Hall–Kier alpha value is -4.25. The Bertz CT molecular complexity index is 1480. The maximum Gasteiger partial charge on any atom is 0.407 e. The first-order chi connectivity index (χ1) is 21.4. The molecule has 44 heavy (non-hydrogen) atoms. The summed E-state index contributed by atoms with van der Waals surface area (Å²) >= 11 is 0. The average molecular weight is 600 g/mol. The molecule has 0 unspecified atom stereocenters. The van der Waals surface area contributed by atoms with Crippen LogP contribution in [-0.2, 0) is 9.53 Å². The molecular weight excluding hydrogens is 558 g/mol. The maximum atomic E-state index is 13.5. The van der Waals surface area contributed by atoms with E-state index in [1.807, 2.05) is 48.7 Å². The molecule has 2 aliphatic heterocycles. The first kappa shape index (κ1) is 29.8. The molecule has 1 atom stereocenters. The molecule has 11 nitrogen and oxygen atoms in total. The minimum Gasteiger partial charge on any atom is -0.444 e. The zero-order valence-electron chi connectivity index (χ0n) is 25.3. The van der Waals surface area contributed by atoms with E-state index in [1.165, 1.54) is 0 Å². The molecule has 3 amide bonds. The van der Waals surface area contributed by atoms with E-state index in [4.69, 9.17) is 14.7 Å². The van der Waals surface area contributed by atoms with Crippen LogP contribution in [0, 0.1) is 11.8 Å². The van der Waals surface area contributed by atoms with Gasteiger partial charge in [-0.1, -0.05) is 18.2 Å². The molecule has 3 fully saturated rings. The number of piperazine rings is 1. The number of nitrogens with one attached hydrogen (secondary N) is 3. The highest BCUT2D eigenvalue weighted by molar-refractivity contribution is 6.07. The fraction of sp³-hybridized carbons (Fsp3) is 0.485. The van der Waals surface area contributed by atoms with Crippen molar-refractivity contribution in [1.82, 2.24) is 30.8 Å². The Kier molecular flexibility index (Phi) is 9.20. The number of carbonyl (C=O) groups is 3. The average Bonchev–Trinajstić information content (AvgIpc) is 3.47. The van der Waals surface area contributed by atoms with Gasteiger partial charge in [-0.3, -0.25) is 9.59 Å². The summed E-state index contributed by atoms with van der Waals surface area (Å²) in [5, 5.41) is 9.54. The van der Waals surface area contributed by atoms with E-state index in [2.05, 4.69) is 32.8 Å². The van der Waals surface area contributed by atoms with E-state index in [9.17, 15) is 14.4 Å². The number of carbonyl (C=O) groups excluding carboxylic acids is 3. The number of anilines is 1. The molecule has 232 valence electrons. The number of fused-ring (bicyclic) bond motifs is 1. The number of amides is 3. The van der Waals surface area contributed by atoms with Crippen LogP contribution < -0.4 is 20.9 Å². The molecule has 0 radical (unpaired) electrons. The molecule has 0 spiro atoms. The summed E-state index contributed by atoms with van der Waals surface area (Å²) in [6.45, 7) is 5.49. The molecule has 3 N–H and O–H groups in total. The number of nitrogens with zero attached hydrogens (tertiary/aromatic N) is 4. The largest absolute Gasteiger partial charge is 0.444 e. The van der Waals surface area contributed by atoms with Crippen LogP contribution in [0.4, 0.5) is 10.6 Å². The summed E-state index contributed by atoms with van der Waals surface area (Å²) in [4.78, 5) is 51.1.